The second-order valence-corrected chi connectivity index (χ2v) is 7.26. The van der Waals surface area contributed by atoms with Gasteiger partial charge in [0.15, 0.2) is 5.83 Å². The number of alkyl halides is 6. The Morgan fingerprint density at radius 2 is 0.812 bits per heavy atom. The first-order valence-corrected chi connectivity index (χ1v) is 9.55. The zero-order valence-corrected chi connectivity index (χ0v) is 16.3. The Kier molecular flexibility index (Phi) is 5.23. The predicted octanol–water partition coefficient (Wildman–Crippen LogP) is 7.79. The van der Waals surface area contributed by atoms with Crippen molar-refractivity contribution in [2.45, 2.75) is 17.8 Å². The highest BCUT2D eigenvalue weighted by atomic mass is 19.3. The van der Waals surface area contributed by atoms with Crippen LogP contribution >= 0.6 is 0 Å². The number of rotatable bonds is 4. The monoisotopic (exact) mass is 448 g/mol. The minimum atomic E-state index is -5.93. The van der Waals surface area contributed by atoms with Gasteiger partial charge < -0.3 is 0 Å². The minimum absolute atomic E-state index is 0.0734. The molecule has 3 aromatic rings. The fourth-order valence-electron chi connectivity index (χ4n) is 3.74. The third-order valence-electron chi connectivity index (χ3n) is 5.29. The summed E-state index contributed by atoms with van der Waals surface area (Å²) < 4.78 is 101. The highest BCUT2D eigenvalue weighted by molar-refractivity contribution is 6.05. The van der Waals surface area contributed by atoms with Crippen LogP contribution < -0.4 is 0 Å². The molecule has 0 heterocycles. The lowest BCUT2D eigenvalue weighted by Crippen LogP contribution is -2.49. The highest BCUT2D eigenvalue weighted by Crippen LogP contribution is 2.63. The van der Waals surface area contributed by atoms with Gasteiger partial charge >= 0.3 is 17.8 Å². The van der Waals surface area contributed by atoms with Gasteiger partial charge in [-0.1, -0.05) is 91.0 Å². The first-order valence-electron chi connectivity index (χ1n) is 9.55. The lowest BCUT2D eigenvalue weighted by atomic mass is 9.84. The van der Waals surface area contributed by atoms with Crippen LogP contribution in [-0.2, 0) is 0 Å². The summed E-state index contributed by atoms with van der Waals surface area (Å²) in [6, 6.07) is 22.5. The summed E-state index contributed by atoms with van der Waals surface area (Å²) in [5, 5.41) is 0. The Morgan fingerprint density at radius 3 is 1.12 bits per heavy atom. The normalized spacial score (nSPS) is 18.5. The molecule has 1 aliphatic carbocycles. The van der Waals surface area contributed by atoms with Gasteiger partial charge in [0.1, 0.15) is 0 Å². The number of hydrogen-bond acceptors (Lipinski definition) is 0. The van der Waals surface area contributed by atoms with E-state index in [-0.39, 0.29) is 22.3 Å². The van der Waals surface area contributed by atoms with Gasteiger partial charge in [-0.15, -0.1) is 0 Å². The molecule has 0 nitrogen and oxygen atoms in total. The molecule has 1 aliphatic rings. The smallest absolute Gasteiger partial charge is 0.204 e. The van der Waals surface area contributed by atoms with E-state index in [1.165, 1.54) is 54.6 Å². The van der Waals surface area contributed by atoms with Crippen LogP contribution in [0.25, 0.3) is 11.1 Å². The average molecular weight is 448 g/mol. The van der Waals surface area contributed by atoms with E-state index in [4.69, 9.17) is 0 Å². The van der Waals surface area contributed by atoms with Crippen molar-refractivity contribution in [3.8, 4) is 0 Å². The van der Waals surface area contributed by atoms with Crippen LogP contribution in [0.5, 0.6) is 0 Å². The predicted molar refractivity (Wildman–Crippen MR) is 108 cm³/mol. The Balaban J connectivity index is 2.20. The van der Waals surface area contributed by atoms with Gasteiger partial charge in [-0.2, -0.15) is 26.3 Å². The Hall–Kier alpha value is -3.35. The van der Waals surface area contributed by atoms with E-state index in [0.29, 0.717) is 0 Å². The second kappa shape index (κ2) is 7.65. The van der Waals surface area contributed by atoms with Gasteiger partial charge in [-0.05, 0) is 22.3 Å². The summed E-state index contributed by atoms with van der Waals surface area (Å²) in [7, 11) is 0. The molecule has 0 saturated carbocycles. The second-order valence-electron chi connectivity index (χ2n) is 7.26. The fourth-order valence-corrected chi connectivity index (χ4v) is 3.74. The average Bonchev–Trinajstić information content (AvgIpc) is 2.88. The van der Waals surface area contributed by atoms with Gasteiger partial charge in [0, 0.05) is 5.57 Å². The van der Waals surface area contributed by atoms with Crippen LogP contribution in [-0.4, -0.2) is 17.8 Å². The molecule has 32 heavy (non-hydrogen) atoms. The molecular formula is C25H15F7. The quantitative estimate of drug-likeness (QED) is 0.282. The van der Waals surface area contributed by atoms with E-state index in [1.54, 1.807) is 36.4 Å². The minimum Gasteiger partial charge on any atom is -0.204 e. The molecule has 0 spiro atoms. The van der Waals surface area contributed by atoms with Crippen LogP contribution in [0, 0.1) is 0 Å². The van der Waals surface area contributed by atoms with Gasteiger partial charge in [0.05, 0.1) is 5.57 Å². The molecular weight excluding hydrogens is 433 g/mol. The summed E-state index contributed by atoms with van der Waals surface area (Å²) in [6.07, 6.45) is 0. The zero-order valence-electron chi connectivity index (χ0n) is 16.3. The standard InChI is InChI=1S/C25H15F7/c26-22-21(23(27,28)25(31,32)24(22,29)30)20(18-14-8-3-9-15-18)19(16-10-4-1-5-11-16)17-12-6-2-7-13-17/h1-15H. The molecule has 0 bridgehead atoms. The summed E-state index contributed by atoms with van der Waals surface area (Å²) >= 11 is 0. The zero-order chi connectivity index (χ0) is 23.1. The molecule has 0 aromatic heterocycles. The van der Waals surface area contributed by atoms with Crippen molar-refractivity contribution in [2.24, 2.45) is 0 Å². The SMILES string of the molecule is FC1=C(C(=C(c2ccccc2)c2ccccc2)c2ccccc2)C(F)(F)C(F)(F)C1(F)F. The van der Waals surface area contributed by atoms with Crippen LogP contribution in [0.2, 0.25) is 0 Å². The topological polar surface area (TPSA) is 0 Å². The van der Waals surface area contributed by atoms with Crippen molar-refractivity contribution in [1.29, 1.82) is 0 Å². The van der Waals surface area contributed by atoms with E-state index in [0.717, 1.165) is 0 Å². The van der Waals surface area contributed by atoms with E-state index in [1.807, 2.05) is 0 Å². The maximum atomic E-state index is 14.9. The molecule has 0 saturated heterocycles. The van der Waals surface area contributed by atoms with E-state index < -0.39 is 34.7 Å². The Labute approximate surface area is 179 Å². The number of benzene rings is 3. The number of hydrogen-bond donors (Lipinski definition) is 0. The van der Waals surface area contributed by atoms with Gasteiger partial charge in [0.25, 0.3) is 0 Å². The van der Waals surface area contributed by atoms with Crippen molar-refractivity contribution in [1.82, 2.24) is 0 Å². The summed E-state index contributed by atoms with van der Waals surface area (Å²) in [6.45, 7) is 0. The van der Waals surface area contributed by atoms with E-state index in [2.05, 4.69) is 0 Å². The molecule has 7 heteroatoms. The van der Waals surface area contributed by atoms with Crippen molar-refractivity contribution >= 4 is 11.1 Å². The van der Waals surface area contributed by atoms with E-state index in [9.17, 15) is 30.7 Å². The van der Waals surface area contributed by atoms with Crippen molar-refractivity contribution in [3.05, 3.63) is 119 Å². The van der Waals surface area contributed by atoms with Crippen LogP contribution in [0.4, 0.5) is 30.7 Å². The molecule has 3 aromatic carbocycles. The molecule has 0 unspecified atom stereocenters. The Bertz CT molecular complexity index is 1140. The number of allylic oxidation sites excluding steroid dienone is 3. The van der Waals surface area contributed by atoms with Gasteiger partial charge in [0.2, 0.25) is 0 Å². The lowest BCUT2D eigenvalue weighted by Gasteiger charge is -2.26. The maximum absolute atomic E-state index is 14.9. The van der Waals surface area contributed by atoms with Crippen LogP contribution in [0.3, 0.4) is 0 Å². The van der Waals surface area contributed by atoms with Gasteiger partial charge in [-0.25, -0.2) is 4.39 Å². The number of halogens is 7. The summed E-state index contributed by atoms with van der Waals surface area (Å²) in [4.78, 5) is 0. The molecule has 164 valence electrons. The largest absolute Gasteiger partial charge is 0.383 e. The lowest BCUT2D eigenvalue weighted by molar-refractivity contribution is -0.267. The van der Waals surface area contributed by atoms with Crippen molar-refractivity contribution in [2.75, 3.05) is 0 Å². The first-order chi connectivity index (χ1) is 15.1. The molecule has 0 fully saturated rings. The highest BCUT2D eigenvalue weighted by Gasteiger charge is 2.81. The Morgan fingerprint density at radius 1 is 0.469 bits per heavy atom. The van der Waals surface area contributed by atoms with Crippen molar-refractivity contribution in [3.63, 3.8) is 0 Å². The molecule has 0 atom stereocenters. The molecule has 0 radical (unpaired) electrons. The molecule has 0 aliphatic heterocycles. The summed E-state index contributed by atoms with van der Waals surface area (Å²) in [5.74, 6) is -19.9. The third kappa shape index (κ3) is 3.15. The first kappa shape index (κ1) is 21.9. The maximum Gasteiger partial charge on any atom is 0.383 e. The molecule has 0 amide bonds. The third-order valence-corrected chi connectivity index (χ3v) is 5.29. The summed E-state index contributed by atoms with van der Waals surface area (Å²) in [5.41, 5.74) is -2.37. The molecule has 4 rings (SSSR count). The van der Waals surface area contributed by atoms with Crippen LogP contribution in [0.15, 0.2) is 102 Å². The van der Waals surface area contributed by atoms with Crippen molar-refractivity contribution < 1.29 is 30.7 Å². The van der Waals surface area contributed by atoms with Gasteiger partial charge in [-0.3, -0.25) is 0 Å². The van der Waals surface area contributed by atoms with Crippen LogP contribution in [0.1, 0.15) is 16.7 Å². The fraction of sp³-hybridized carbons (Fsp3) is 0.120. The molecule has 0 N–H and O–H groups in total. The van der Waals surface area contributed by atoms with E-state index >= 15 is 0 Å².